The van der Waals surface area contributed by atoms with Gasteiger partial charge in [0.2, 0.25) is 5.79 Å². The Bertz CT molecular complexity index is 1040. The molecule has 230 valence electrons. The van der Waals surface area contributed by atoms with Gasteiger partial charge in [-0.2, -0.15) is 0 Å². The van der Waals surface area contributed by atoms with Gasteiger partial charge in [-0.05, 0) is 99.2 Å². The van der Waals surface area contributed by atoms with Crippen LogP contribution in [-0.2, 0) is 33.3 Å². The Balaban J connectivity index is 1.14. The first-order chi connectivity index (χ1) is 19.6. The topological polar surface area (TPSA) is 80.3 Å². The Labute approximate surface area is 246 Å². The van der Waals surface area contributed by atoms with Crippen LogP contribution in [0.15, 0.2) is 0 Å². The number of hydrogen-bond acceptors (Lipinski definition) is 7. The van der Waals surface area contributed by atoms with E-state index in [0.717, 1.165) is 51.6 Å². The van der Waals surface area contributed by atoms with Crippen molar-refractivity contribution >= 4 is 11.8 Å². The van der Waals surface area contributed by atoms with Crippen molar-refractivity contribution in [2.45, 2.75) is 136 Å². The number of rotatable bonds is 3. The fourth-order valence-electron chi connectivity index (χ4n) is 11.6. The zero-order valence-electron chi connectivity index (χ0n) is 25.9. The highest BCUT2D eigenvalue weighted by Gasteiger charge is 2.73. The van der Waals surface area contributed by atoms with Gasteiger partial charge in [-0.3, -0.25) is 9.59 Å². The SMILES string of the molecule is CC(=O)O[C@@H]1C[C@H]2[C@@H](CC[C@H]3C[C@@H](OC4CCCCO4)CC[C@@]32C)[C@@H]2C[C@@H]3O[C@@]4(OC[C@H](C)CC4=O)[C@@H](C)[C@@H]3[C@@]12C. The minimum atomic E-state index is -1.13. The van der Waals surface area contributed by atoms with Crippen LogP contribution < -0.4 is 0 Å². The molecule has 0 bridgehead atoms. The second-order valence-electron chi connectivity index (χ2n) is 15.6. The molecule has 4 saturated carbocycles. The van der Waals surface area contributed by atoms with Crippen LogP contribution in [0.1, 0.15) is 105 Å². The molecule has 7 nitrogen and oxygen atoms in total. The average Bonchev–Trinajstić information content (AvgIpc) is 3.39. The van der Waals surface area contributed by atoms with E-state index in [-0.39, 0.29) is 64.9 Å². The summed E-state index contributed by atoms with van der Waals surface area (Å²) in [4.78, 5) is 26.0. The molecule has 3 heterocycles. The van der Waals surface area contributed by atoms with Crippen molar-refractivity contribution in [1.29, 1.82) is 0 Å². The Morgan fingerprint density at radius 1 is 1.00 bits per heavy atom. The van der Waals surface area contributed by atoms with Crippen molar-refractivity contribution in [2.75, 3.05) is 13.2 Å². The zero-order valence-corrected chi connectivity index (χ0v) is 25.9. The zero-order chi connectivity index (χ0) is 28.7. The lowest BCUT2D eigenvalue weighted by atomic mass is 9.43. The van der Waals surface area contributed by atoms with E-state index in [0.29, 0.717) is 36.7 Å². The lowest BCUT2D eigenvalue weighted by Gasteiger charge is -2.63. The predicted molar refractivity (Wildman–Crippen MR) is 152 cm³/mol. The number of ether oxygens (including phenoxy) is 5. The molecule has 7 rings (SSSR count). The first-order valence-corrected chi connectivity index (χ1v) is 16.9. The summed E-state index contributed by atoms with van der Waals surface area (Å²) < 4.78 is 31.8. The number of hydrogen-bond donors (Lipinski definition) is 0. The molecule has 3 saturated heterocycles. The normalized spacial score (nSPS) is 54.7. The molecule has 0 aromatic carbocycles. The van der Waals surface area contributed by atoms with E-state index in [1.165, 1.54) is 19.3 Å². The van der Waals surface area contributed by atoms with E-state index in [1.807, 2.05) is 0 Å². The summed E-state index contributed by atoms with van der Waals surface area (Å²) in [5.74, 6) is 1.24. The first-order valence-electron chi connectivity index (χ1n) is 16.9. The summed E-state index contributed by atoms with van der Waals surface area (Å²) in [7, 11) is 0. The van der Waals surface area contributed by atoms with Crippen LogP contribution in [0.2, 0.25) is 0 Å². The van der Waals surface area contributed by atoms with Gasteiger partial charge in [0.1, 0.15) is 6.10 Å². The third-order valence-corrected chi connectivity index (χ3v) is 13.5. The molecule has 0 aromatic heterocycles. The minimum Gasteiger partial charge on any atom is -0.462 e. The van der Waals surface area contributed by atoms with Crippen molar-refractivity contribution in [3.05, 3.63) is 0 Å². The van der Waals surface area contributed by atoms with E-state index in [2.05, 4.69) is 27.7 Å². The summed E-state index contributed by atoms with van der Waals surface area (Å²) in [5.41, 5.74) is -0.00510. The maximum atomic E-state index is 13.4. The van der Waals surface area contributed by atoms with Crippen molar-refractivity contribution in [2.24, 2.45) is 52.3 Å². The Morgan fingerprint density at radius 2 is 1.83 bits per heavy atom. The van der Waals surface area contributed by atoms with Crippen LogP contribution >= 0.6 is 0 Å². The Kier molecular flexibility index (Phi) is 7.20. The van der Waals surface area contributed by atoms with Gasteiger partial charge in [0.05, 0.1) is 18.8 Å². The lowest BCUT2D eigenvalue weighted by molar-refractivity contribution is -0.255. The molecule has 1 unspecified atom stereocenters. The second kappa shape index (κ2) is 10.3. The van der Waals surface area contributed by atoms with Crippen LogP contribution in [-0.4, -0.2) is 55.4 Å². The van der Waals surface area contributed by atoms with Crippen LogP contribution in [0, 0.1) is 52.3 Å². The molecule has 41 heavy (non-hydrogen) atoms. The van der Waals surface area contributed by atoms with Gasteiger partial charge in [0, 0.05) is 37.2 Å². The molecule has 0 aromatic rings. The standard InChI is InChI=1S/C34H52O7/c1-19-14-28(36)34(38-18-19)20(2)31-27(41-34)16-26-24-10-9-22-15-23(40-30-8-6-7-13-37-30)11-12-32(22,4)25(24)17-29(33(26,31)5)39-21(3)35/h19-20,22-27,29-31H,6-18H2,1-5H3/t19-,20+,22+,23+,24-,25+,26+,27+,29-,30?,31+,32+,33-,34+/m1/s1. The van der Waals surface area contributed by atoms with Crippen LogP contribution in [0.5, 0.6) is 0 Å². The van der Waals surface area contributed by atoms with Gasteiger partial charge in [0.25, 0.3) is 0 Å². The highest BCUT2D eigenvalue weighted by molar-refractivity contribution is 5.87. The Hall–Kier alpha value is -1.02. The van der Waals surface area contributed by atoms with Gasteiger partial charge in [-0.15, -0.1) is 0 Å². The highest BCUT2D eigenvalue weighted by atomic mass is 16.7. The number of Topliss-reactive ketones (excluding diaryl/α,β-unsaturated/α-hetero) is 1. The number of fused-ring (bicyclic) bond motifs is 7. The minimum absolute atomic E-state index is 0.0235. The van der Waals surface area contributed by atoms with Gasteiger partial charge >= 0.3 is 5.97 Å². The van der Waals surface area contributed by atoms with Crippen molar-refractivity contribution in [3.63, 3.8) is 0 Å². The first kappa shape index (κ1) is 28.7. The lowest BCUT2D eigenvalue weighted by Crippen LogP contribution is -2.61. The molecule has 0 amide bonds. The Morgan fingerprint density at radius 3 is 2.56 bits per heavy atom. The van der Waals surface area contributed by atoms with Crippen molar-refractivity contribution in [3.8, 4) is 0 Å². The van der Waals surface area contributed by atoms with E-state index in [9.17, 15) is 9.59 Å². The molecular weight excluding hydrogens is 520 g/mol. The molecule has 7 heteroatoms. The van der Waals surface area contributed by atoms with E-state index >= 15 is 0 Å². The third-order valence-electron chi connectivity index (χ3n) is 13.5. The molecule has 14 atom stereocenters. The fourth-order valence-corrected chi connectivity index (χ4v) is 11.6. The number of ketones is 1. The largest absolute Gasteiger partial charge is 0.462 e. The second-order valence-corrected chi connectivity index (χ2v) is 15.6. The summed E-state index contributed by atoms with van der Waals surface area (Å²) in [6.07, 6.45) is 11.6. The monoisotopic (exact) mass is 572 g/mol. The molecule has 0 radical (unpaired) electrons. The van der Waals surface area contributed by atoms with Gasteiger partial charge in [-0.25, -0.2) is 0 Å². The van der Waals surface area contributed by atoms with Crippen molar-refractivity contribution < 1.29 is 33.3 Å². The number of carbonyl (C=O) groups is 2. The number of carbonyl (C=O) groups excluding carboxylic acids is 2. The van der Waals surface area contributed by atoms with Gasteiger partial charge in [-0.1, -0.05) is 27.7 Å². The van der Waals surface area contributed by atoms with E-state index < -0.39 is 5.79 Å². The fraction of sp³-hybridized carbons (Fsp3) is 0.941. The maximum absolute atomic E-state index is 13.4. The van der Waals surface area contributed by atoms with Gasteiger partial charge < -0.3 is 23.7 Å². The predicted octanol–water partition coefficient (Wildman–Crippen LogP) is 6.07. The molecule has 0 N–H and O–H groups in total. The summed E-state index contributed by atoms with van der Waals surface area (Å²) in [6, 6.07) is 0. The average molecular weight is 573 g/mol. The van der Waals surface area contributed by atoms with Crippen molar-refractivity contribution in [1.82, 2.24) is 0 Å². The third kappa shape index (κ3) is 4.33. The summed E-state index contributed by atoms with van der Waals surface area (Å²) in [6.45, 7) is 12.1. The molecular formula is C34H52O7. The summed E-state index contributed by atoms with van der Waals surface area (Å²) in [5, 5.41) is 0. The van der Waals surface area contributed by atoms with E-state index in [4.69, 9.17) is 23.7 Å². The smallest absolute Gasteiger partial charge is 0.302 e. The highest BCUT2D eigenvalue weighted by Crippen LogP contribution is 2.71. The molecule has 4 aliphatic carbocycles. The van der Waals surface area contributed by atoms with Crippen LogP contribution in [0.4, 0.5) is 0 Å². The number of esters is 1. The summed E-state index contributed by atoms with van der Waals surface area (Å²) >= 11 is 0. The van der Waals surface area contributed by atoms with Crippen LogP contribution in [0.25, 0.3) is 0 Å². The molecule has 7 fully saturated rings. The molecule has 7 aliphatic rings. The van der Waals surface area contributed by atoms with Crippen LogP contribution in [0.3, 0.4) is 0 Å². The van der Waals surface area contributed by atoms with E-state index in [1.54, 1.807) is 6.92 Å². The maximum Gasteiger partial charge on any atom is 0.302 e. The van der Waals surface area contributed by atoms with Gasteiger partial charge in [0.15, 0.2) is 12.1 Å². The molecule has 3 aliphatic heterocycles. The quantitative estimate of drug-likeness (QED) is 0.300. The molecule has 1 spiro atoms.